The number of rotatable bonds is 5. The standard InChI is InChI=1S/C17H15N7O2/c25-15(14-9-19-17-20-11-22-24(17)16(14)26)18-8-12-4-1-2-5-13(12)10-23-7-3-6-21-23/h1-7,9,11H,8,10H2,(H,18,25)(H,19,20,22). The van der Waals surface area contributed by atoms with Gasteiger partial charge in [0.05, 0.1) is 6.54 Å². The van der Waals surface area contributed by atoms with E-state index in [0.717, 1.165) is 15.6 Å². The fraction of sp³-hybridized carbons (Fsp3) is 0.118. The topological polar surface area (TPSA) is 110 Å². The number of hydrogen-bond acceptors (Lipinski definition) is 5. The minimum atomic E-state index is -0.491. The molecule has 1 aromatic carbocycles. The third-order valence-electron chi connectivity index (χ3n) is 4.00. The lowest BCUT2D eigenvalue weighted by Gasteiger charge is -2.11. The number of H-pyrrole nitrogens is 1. The van der Waals surface area contributed by atoms with E-state index in [0.29, 0.717) is 13.1 Å². The Labute approximate surface area is 147 Å². The molecule has 0 saturated heterocycles. The van der Waals surface area contributed by atoms with Gasteiger partial charge in [-0.2, -0.15) is 9.61 Å². The van der Waals surface area contributed by atoms with Crippen molar-refractivity contribution in [2.75, 3.05) is 0 Å². The zero-order chi connectivity index (χ0) is 17.9. The van der Waals surface area contributed by atoms with Crippen molar-refractivity contribution < 1.29 is 4.79 Å². The summed E-state index contributed by atoms with van der Waals surface area (Å²) in [6, 6.07) is 9.61. The van der Waals surface area contributed by atoms with Crippen LogP contribution in [0.15, 0.2) is 60.0 Å². The molecule has 2 N–H and O–H groups in total. The minimum absolute atomic E-state index is 0.0451. The molecule has 3 aromatic heterocycles. The Kier molecular flexibility index (Phi) is 4.02. The third kappa shape index (κ3) is 2.97. The van der Waals surface area contributed by atoms with Crippen molar-refractivity contribution in [1.82, 2.24) is 34.7 Å². The molecule has 26 heavy (non-hydrogen) atoms. The Morgan fingerprint density at radius 3 is 2.81 bits per heavy atom. The number of nitrogens with one attached hydrogen (secondary N) is 2. The number of carbonyl (C=O) groups is 1. The van der Waals surface area contributed by atoms with E-state index < -0.39 is 11.5 Å². The number of benzene rings is 1. The summed E-state index contributed by atoms with van der Waals surface area (Å²) in [4.78, 5) is 32.6. The van der Waals surface area contributed by atoms with Gasteiger partial charge in [-0.25, -0.2) is 9.97 Å². The van der Waals surface area contributed by atoms with Crippen molar-refractivity contribution in [3.05, 3.63) is 82.3 Å². The molecule has 0 spiro atoms. The molecular formula is C17H15N7O2. The normalized spacial score (nSPS) is 10.9. The maximum Gasteiger partial charge on any atom is 0.286 e. The largest absolute Gasteiger partial charge is 0.348 e. The lowest BCUT2D eigenvalue weighted by molar-refractivity contribution is 0.0948. The summed E-state index contributed by atoms with van der Waals surface area (Å²) in [6.07, 6.45) is 6.18. The van der Waals surface area contributed by atoms with Gasteiger partial charge in [0.2, 0.25) is 0 Å². The highest BCUT2D eigenvalue weighted by molar-refractivity contribution is 5.93. The number of amides is 1. The summed E-state index contributed by atoms with van der Waals surface area (Å²) < 4.78 is 2.93. The van der Waals surface area contributed by atoms with Gasteiger partial charge in [0.15, 0.2) is 0 Å². The van der Waals surface area contributed by atoms with E-state index in [-0.39, 0.29) is 11.3 Å². The molecule has 0 aliphatic carbocycles. The summed E-state index contributed by atoms with van der Waals surface area (Å²) in [6.45, 7) is 0.894. The van der Waals surface area contributed by atoms with E-state index in [1.807, 2.05) is 41.2 Å². The van der Waals surface area contributed by atoms with E-state index in [4.69, 9.17) is 0 Å². The molecule has 4 aromatic rings. The van der Waals surface area contributed by atoms with Crippen LogP contribution in [0.25, 0.3) is 5.78 Å². The van der Waals surface area contributed by atoms with Gasteiger partial charge in [-0.1, -0.05) is 24.3 Å². The molecule has 1 amide bonds. The molecular weight excluding hydrogens is 334 g/mol. The Balaban J connectivity index is 1.52. The molecule has 9 nitrogen and oxygen atoms in total. The number of hydrogen-bond donors (Lipinski definition) is 2. The van der Waals surface area contributed by atoms with Gasteiger partial charge in [-0.05, 0) is 17.2 Å². The third-order valence-corrected chi connectivity index (χ3v) is 4.00. The van der Waals surface area contributed by atoms with Gasteiger partial charge < -0.3 is 5.32 Å². The van der Waals surface area contributed by atoms with Crippen LogP contribution in [0.1, 0.15) is 21.5 Å². The fourth-order valence-corrected chi connectivity index (χ4v) is 2.68. The van der Waals surface area contributed by atoms with E-state index in [9.17, 15) is 9.59 Å². The first-order chi connectivity index (χ1) is 12.7. The first-order valence-corrected chi connectivity index (χ1v) is 7.96. The second-order valence-electron chi connectivity index (χ2n) is 5.65. The molecule has 4 rings (SSSR count). The van der Waals surface area contributed by atoms with Gasteiger partial charge in [-0.15, -0.1) is 0 Å². The number of nitrogens with zero attached hydrogens (tertiary/aromatic N) is 5. The summed E-state index contributed by atoms with van der Waals surface area (Å²) in [5.41, 5.74) is 1.45. The predicted octanol–water partition coefficient (Wildman–Crippen LogP) is 0.592. The van der Waals surface area contributed by atoms with Crippen LogP contribution in [0, 0.1) is 0 Å². The van der Waals surface area contributed by atoms with Gasteiger partial charge in [-0.3, -0.25) is 19.4 Å². The van der Waals surface area contributed by atoms with Gasteiger partial charge >= 0.3 is 0 Å². The maximum atomic E-state index is 12.4. The maximum absolute atomic E-state index is 12.4. The fourth-order valence-electron chi connectivity index (χ4n) is 2.68. The first-order valence-electron chi connectivity index (χ1n) is 7.96. The molecule has 0 fully saturated rings. The number of aromatic amines is 1. The van der Waals surface area contributed by atoms with Crippen molar-refractivity contribution >= 4 is 11.7 Å². The Hall–Kier alpha value is -3.75. The van der Waals surface area contributed by atoms with Crippen molar-refractivity contribution in [2.24, 2.45) is 0 Å². The van der Waals surface area contributed by atoms with Crippen molar-refractivity contribution in [1.29, 1.82) is 0 Å². The molecule has 0 bridgehead atoms. The van der Waals surface area contributed by atoms with E-state index >= 15 is 0 Å². The SMILES string of the molecule is O=C(NCc1ccccc1Cn1cccn1)c1cnc2nc[nH]n2c1=O. The van der Waals surface area contributed by atoms with E-state index in [1.54, 1.807) is 6.20 Å². The quantitative estimate of drug-likeness (QED) is 0.548. The zero-order valence-corrected chi connectivity index (χ0v) is 13.7. The van der Waals surface area contributed by atoms with Gasteiger partial charge in [0.25, 0.3) is 17.2 Å². The van der Waals surface area contributed by atoms with Gasteiger partial charge in [0, 0.05) is 25.1 Å². The van der Waals surface area contributed by atoms with Crippen LogP contribution in [0.2, 0.25) is 0 Å². The van der Waals surface area contributed by atoms with Crippen LogP contribution in [0.3, 0.4) is 0 Å². The summed E-state index contributed by atoms with van der Waals surface area (Å²) in [5.74, 6) is -0.267. The second-order valence-corrected chi connectivity index (χ2v) is 5.65. The van der Waals surface area contributed by atoms with Crippen LogP contribution in [0.4, 0.5) is 0 Å². The summed E-state index contributed by atoms with van der Waals surface area (Å²) in [7, 11) is 0. The number of aromatic nitrogens is 6. The second kappa shape index (κ2) is 6.63. The highest BCUT2D eigenvalue weighted by Gasteiger charge is 2.14. The molecule has 0 unspecified atom stereocenters. The van der Waals surface area contributed by atoms with Crippen LogP contribution < -0.4 is 10.9 Å². The Morgan fingerprint density at radius 1 is 1.15 bits per heavy atom. The zero-order valence-electron chi connectivity index (χ0n) is 13.7. The number of carbonyl (C=O) groups excluding carboxylic acids is 1. The van der Waals surface area contributed by atoms with E-state index in [2.05, 4.69) is 25.5 Å². The molecule has 0 radical (unpaired) electrons. The van der Waals surface area contributed by atoms with Crippen LogP contribution >= 0.6 is 0 Å². The smallest absolute Gasteiger partial charge is 0.286 e. The molecule has 0 saturated carbocycles. The summed E-state index contributed by atoms with van der Waals surface area (Å²) >= 11 is 0. The van der Waals surface area contributed by atoms with Gasteiger partial charge in [0.1, 0.15) is 11.9 Å². The molecule has 0 aliphatic heterocycles. The molecule has 0 atom stereocenters. The Bertz CT molecular complexity index is 1110. The van der Waals surface area contributed by atoms with Crippen molar-refractivity contribution in [3.63, 3.8) is 0 Å². The Morgan fingerprint density at radius 2 is 2.00 bits per heavy atom. The molecule has 130 valence electrons. The predicted molar refractivity (Wildman–Crippen MR) is 92.5 cm³/mol. The van der Waals surface area contributed by atoms with Crippen molar-refractivity contribution in [2.45, 2.75) is 13.1 Å². The lowest BCUT2D eigenvalue weighted by Crippen LogP contribution is -2.31. The van der Waals surface area contributed by atoms with Crippen molar-refractivity contribution in [3.8, 4) is 0 Å². The molecule has 0 aliphatic rings. The summed E-state index contributed by atoms with van der Waals surface area (Å²) in [5, 5.41) is 9.61. The lowest BCUT2D eigenvalue weighted by atomic mass is 10.1. The first kappa shape index (κ1) is 15.8. The minimum Gasteiger partial charge on any atom is -0.348 e. The van der Waals surface area contributed by atoms with Crippen LogP contribution in [-0.2, 0) is 13.1 Å². The number of fused-ring (bicyclic) bond motifs is 1. The highest BCUT2D eigenvalue weighted by Crippen LogP contribution is 2.10. The molecule has 9 heteroatoms. The van der Waals surface area contributed by atoms with Crippen LogP contribution in [-0.4, -0.2) is 35.3 Å². The average molecular weight is 349 g/mol. The highest BCUT2D eigenvalue weighted by atomic mass is 16.2. The monoisotopic (exact) mass is 349 g/mol. The van der Waals surface area contributed by atoms with Crippen LogP contribution in [0.5, 0.6) is 0 Å². The molecule has 3 heterocycles. The van der Waals surface area contributed by atoms with E-state index in [1.165, 1.54) is 12.5 Å². The average Bonchev–Trinajstić information content (AvgIpc) is 3.33.